The summed E-state index contributed by atoms with van der Waals surface area (Å²) in [6.07, 6.45) is 0. The number of aromatic nitrogens is 4. The summed E-state index contributed by atoms with van der Waals surface area (Å²) in [6.45, 7) is 13.8. The van der Waals surface area contributed by atoms with Gasteiger partial charge in [-0.25, -0.2) is 15.0 Å². The Morgan fingerprint density at radius 1 is 0.352 bits per heavy atom. The maximum absolute atomic E-state index is 6.66. The van der Waals surface area contributed by atoms with Crippen LogP contribution in [0.2, 0.25) is 0 Å². The predicted octanol–water partition coefficient (Wildman–Crippen LogP) is 17.7. The van der Waals surface area contributed by atoms with E-state index in [9.17, 15) is 0 Å². The third-order valence-electron chi connectivity index (χ3n) is 14.2. The minimum atomic E-state index is -0.0370. The van der Waals surface area contributed by atoms with Gasteiger partial charge in [-0.2, -0.15) is 0 Å². The number of furan rings is 2. The van der Waals surface area contributed by atoms with Gasteiger partial charge in [0.25, 0.3) is 0 Å². The van der Waals surface area contributed by atoms with Crippen LogP contribution in [-0.2, 0) is 10.8 Å². The van der Waals surface area contributed by atoms with E-state index in [4.69, 9.17) is 23.8 Å². The molecule has 9 aromatic carbocycles. The van der Waals surface area contributed by atoms with Crippen LogP contribution < -0.4 is 0 Å². The van der Waals surface area contributed by atoms with Gasteiger partial charge >= 0.3 is 0 Å². The Hall–Kier alpha value is -8.61. The average Bonchev–Trinajstić information content (AvgIpc) is 4.07. The zero-order valence-electron chi connectivity index (χ0n) is 40.6. The number of benzene rings is 9. The fraction of sp³-hybridized carbons (Fsp3) is 0.123. The molecule has 0 unspecified atom stereocenters. The Balaban J connectivity index is 1.14. The fourth-order valence-corrected chi connectivity index (χ4v) is 10.5. The molecule has 0 bridgehead atoms. The molecule has 0 spiro atoms. The minimum Gasteiger partial charge on any atom is -0.456 e. The van der Waals surface area contributed by atoms with E-state index in [-0.39, 0.29) is 10.8 Å². The summed E-state index contributed by atoms with van der Waals surface area (Å²) in [5.41, 5.74) is 15.7. The smallest absolute Gasteiger partial charge is 0.167 e. The number of nitrogens with zero attached hydrogens (tertiary/aromatic N) is 4. The first-order chi connectivity index (χ1) is 34.5. The Bertz CT molecular complexity index is 4110. The number of rotatable bonds is 6. The van der Waals surface area contributed by atoms with Crippen LogP contribution in [0, 0.1) is 0 Å². The molecule has 4 aromatic heterocycles. The molecule has 6 nitrogen and oxygen atoms in total. The first-order valence-corrected chi connectivity index (χ1v) is 24.4. The zero-order valence-corrected chi connectivity index (χ0v) is 40.6. The van der Waals surface area contributed by atoms with Crippen LogP contribution in [0.15, 0.2) is 203 Å². The van der Waals surface area contributed by atoms with Crippen LogP contribution in [-0.4, -0.2) is 19.5 Å². The lowest BCUT2D eigenvalue weighted by atomic mass is 9.85. The summed E-state index contributed by atoms with van der Waals surface area (Å²) < 4.78 is 15.6. The molecular formula is C65H50N4O2. The molecule has 0 amide bonds. The van der Waals surface area contributed by atoms with Crippen molar-refractivity contribution in [1.82, 2.24) is 19.5 Å². The van der Waals surface area contributed by atoms with Gasteiger partial charge in [0, 0.05) is 54.6 Å². The lowest BCUT2D eigenvalue weighted by Crippen LogP contribution is -2.10. The van der Waals surface area contributed by atoms with Crippen LogP contribution in [0.3, 0.4) is 0 Å². The van der Waals surface area contributed by atoms with E-state index in [1.54, 1.807) is 0 Å². The van der Waals surface area contributed by atoms with Crippen molar-refractivity contribution in [3.05, 3.63) is 205 Å². The van der Waals surface area contributed by atoms with Crippen LogP contribution in [0.1, 0.15) is 52.7 Å². The van der Waals surface area contributed by atoms with E-state index in [0.29, 0.717) is 17.5 Å². The Labute approximate surface area is 411 Å². The van der Waals surface area contributed by atoms with Crippen LogP contribution in [0.4, 0.5) is 0 Å². The number of hydrogen-bond acceptors (Lipinski definition) is 5. The Kier molecular flexibility index (Phi) is 9.56. The molecule has 0 fully saturated rings. The highest BCUT2D eigenvalue weighted by Crippen LogP contribution is 2.46. The summed E-state index contributed by atoms with van der Waals surface area (Å²) in [6, 6.07) is 68.7. The van der Waals surface area contributed by atoms with Gasteiger partial charge in [-0.05, 0) is 93.7 Å². The van der Waals surface area contributed by atoms with Crippen molar-refractivity contribution in [2.45, 2.75) is 52.4 Å². The second-order valence-electron chi connectivity index (χ2n) is 20.8. The van der Waals surface area contributed by atoms with Crippen molar-refractivity contribution in [3.8, 4) is 62.1 Å². The standard InChI is InChI=1S/C65H50N4O2/c1-64(2,3)42-31-33-53-51(37-42)52-38-43(65(4,5)6)32-34-54(52)69(53)59-49(39-19-9-7-10-20-39)35-41(36-50(59)40-21-11-8-12-22-40)61-66-62(47-26-18-30-57-58(47)46-24-14-16-29-56(46)70-57)68-63(67-61)48-27-17-25-45-44-23-13-15-28-55(44)71-60(45)48/h7-38H,1-6H3. The van der Waals surface area contributed by atoms with Crippen LogP contribution >= 0.6 is 0 Å². The first kappa shape index (κ1) is 42.5. The Morgan fingerprint density at radius 3 is 1.44 bits per heavy atom. The van der Waals surface area contributed by atoms with Crippen molar-refractivity contribution in [1.29, 1.82) is 0 Å². The van der Waals surface area contributed by atoms with Crippen molar-refractivity contribution >= 4 is 65.7 Å². The van der Waals surface area contributed by atoms with Gasteiger partial charge in [-0.15, -0.1) is 0 Å². The third-order valence-corrected chi connectivity index (χ3v) is 14.2. The molecule has 0 aliphatic carbocycles. The molecule has 13 aromatic rings. The summed E-state index contributed by atoms with van der Waals surface area (Å²) in [5, 5.41) is 6.45. The van der Waals surface area contributed by atoms with Gasteiger partial charge in [0.1, 0.15) is 22.3 Å². The van der Waals surface area contributed by atoms with Gasteiger partial charge in [-0.1, -0.05) is 175 Å². The van der Waals surface area contributed by atoms with Crippen molar-refractivity contribution in [2.24, 2.45) is 0 Å². The van der Waals surface area contributed by atoms with Gasteiger partial charge in [0.05, 0.1) is 22.3 Å². The Morgan fingerprint density at radius 2 is 0.831 bits per heavy atom. The van der Waals surface area contributed by atoms with Crippen molar-refractivity contribution in [2.75, 3.05) is 0 Å². The van der Waals surface area contributed by atoms with Gasteiger partial charge in [-0.3, -0.25) is 0 Å². The summed E-state index contributed by atoms with van der Waals surface area (Å²) >= 11 is 0. The van der Waals surface area contributed by atoms with E-state index in [2.05, 4.69) is 186 Å². The second kappa shape index (κ2) is 16.0. The van der Waals surface area contributed by atoms with E-state index in [0.717, 1.165) is 99.5 Å². The monoisotopic (exact) mass is 918 g/mol. The molecular weight excluding hydrogens is 869 g/mol. The third kappa shape index (κ3) is 7.04. The van der Waals surface area contributed by atoms with E-state index in [1.165, 1.54) is 21.9 Å². The molecule has 0 radical (unpaired) electrons. The summed E-state index contributed by atoms with van der Waals surface area (Å²) in [7, 11) is 0. The van der Waals surface area contributed by atoms with Gasteiger partial charge in [0.15, 0.2) is 17.5 Å². The highest BCUT2D eigenvalue weighted by Gasteiger charge is 2.27. The summed E-state index contributed by atoms with van der Waals surface area (Å²) in [5.74, 6) is 1.59. The second-order valence-corrected chi connectivity index (χ2v) is 20.8. The normalized spacial score (nSPS) is 12.4. The van der Waals surface area contributed by atoms with Crippen LogP contribution in [0.25, 0.3) is 128 Å². The number of hydrogen-bond donors (Lipinski definition) is 0. The maximum Gasteiger partial charge on any atom is 0.167 e. The lowest BCUT2D eigenvalue weighted by molar-refractivity contribution is 0.590. The molecule has 0 saturated carbocycles. The first-order valence-electron chi connectivity index (χ1n) is 24.4. The van der Waals surface area contributed by atoms with E-state index >= 15 is 0 Å². The zero-order chi connectivity index (χ0) is 48.2. The predicted molar refractivity (Wildman–Crippen MR) is 293 cm³/mol. The molecule has 0 saturated heterocycles. The molecule has 0 aliphatic heterocycles. The van der Waals surface area contributed by atoms with Gasteiger partial charge < -0.3 is 13.4 Å². The maximum atomic E-state index is 6.66. The molecule has 6 heteroatoms. The highest BCUT2D eigenvalue weighted by atomic mass is 16.3. The lowest BCUT2D eigenvalue weighted by Gasteiger charge is -2.22. The molecule has 71 heavy (non-hydrogen) atoms. The summed E-state index contributed by atoms with van der Waals surface area (Å²) in [4.78, 5) is 16.3. The molecule has 0 N–H and O–H groups in total. The largest absolute Gasteiger partial charge is 0.456 e. The highest BCUT2D eigenvalue weighted by molar-refractivity contribution is 6.13. The fourth-order valence-electron chi connectivity index (χ4n) is 10.5. The number of fused-ring (bicyclic) bond motifs is 9. The molecule has 0 aliphatic rings. The quantitative estimate of drug-likeness (QED) is 0.166. The number of para-hydroxylation sites is 3. The van der Waals surface area contributed by atoms with Crippen LogP contribution in [0.5, 0.6) is 0 Å². The molecule has 13 rings (SSSR count). The van der Waals surface area contributed by atoms with Crippen molar-refractivity contribution in [3.63, 3.8) is 0 Å². The molecule has 0 atom stereocenters. The molecule has 342 valence electrons. The van der Waals surface area contributed by atoms with E-state index in [1.807, 2.05) is 54.6 Å². The van der Waals surface area contributed by atoms with E-state index < -0.39 is 0 Å². The van der Waals surface area contributed by atoms with Gasteiger partial charge in [0.2, 0.25) is 0 Å². The average molecular weight is 919 g/mol. The van der Waals surface area contributed by atoms with Crippen molar-refractivity contribution < 1.29 is 8.83 Å². The SMILES string of the molecule is CC(C)(C)c1ccc2c(c1)c1cc(C(C)(C)C)ccc1n2-c1c(-c2ccccc2)cc(-c2nc(-c3cccc4c3oc3ccccc34)nc(-c3cccc4oc5ccccc5c34)n2)cc1-c1ccccc1. The minimum absolute atomic E-state index is 0.0370. The topological polar surface area (TPSA) is 69.9 Å². The molecule has 4 heterocycles.